The van der Waals surface area contributed by atoms with Crippen LogP contribution in [0.15, 0.2) is 18.2 Å². The Balaban J connectivity index is 2.20. The molecule has 0 radical (unpaired) electrons. The standard InChI is InChI=1S/C11H12Cl2O2/c1-6-7(2)15-11(14-6)8-3-4-9(12)10(13)5-8/h3-7,11H,1-2H3/t6-,7-/m1/s1. The molecule has 15 heavy (non-hydrogen) atoms. The molecule has 0 N–H and O–H groups in total. The van der Waals surface area contributed by atoms with Crippen LogP contribution in [0.2, 0.25) is 10.0 Å². The first-order valence-corrected chi connectivity index (χ1v) is 5.59. The zero-order valence-electron chi connectivity index (χ0n) is 8.54. The molecule has 1 saturated heterocycles. The average Bonchev–Trinajstić information content (AvgIpc) is 2.52. The molecule has 82 valence electrons. The van der Waals surface area contributed by atoms with Crippen molar-refractivity contribution in [1.29, 1.82) is 0 Å². The molecule has 1 aliphatic rings. The largest absolute Gasteiger partial charge is 0.343 e. The molecule has 0 amide bonds. The minimum absolute atomic E-state index is 0.101. The molecule has 0 aliphatic carbocycles. The number of ether oxygens (including phenoxy) is 2. The van der Waals surface area contributed by atoms with E-state index in [-0.39, 0.29) is 18.5 Å². The molecule has 2 nitrogen and oxygen atoms in total. The van der Waals surface area contributed by atoms with Crippen molar-refractivity contribution >= 4 is 23.2 Å². The predicted molar refractivity (Wildman–Crippen MR) is 60.3 cm³/mol. The van der Waals surface area contributed by atoms with Crippen molar-refractivity contribution in [3.05, 3.63) is 33.8 Å². The van der Waals surface area contributed by atoms with Gasteiger partial charge in [-0.1, -0.05) is 29.3 Å². The van der Waals surface area contributed by atoms with Gasteiger partial charge >= 0.3 is 0 Å². The lowest BCUT2D eigenvalue weighted by Gasteiger charge is -2.10. The van der Waals surface area contributed by atoms with Crippen LogP contribution >= 0.6 is 23.2 Å². The predicted octanol–water partition coefficient (Wildman–Crippen LogP) is 3.82. The van der Waals surface area contributed by atoms with Crippen molar-refractivity contribution in [3.63, 3.8) is 0 Å². The molecule has 0 saturated carbocycles. The fraction of sp³-hybridized carbons (Fsp3) is 0.455. The maximum Gasteiger partial charge on any atom is 0.184 e. The highest BCUT2D eigenvalue weighted by Crippen LogP contribution is 2.33. The minimum atomic E-state index is -0.329. The van der Waals surface area contributed by atoms with Crippen LogP contribution in [0.25, 0.3) is 0 Å². The summed E-state index contributed by atoms with van der Waals surface area (Å²) < 4.78 is 11.3. The molecule has 0 aromatic heterocycles. The Morgan fingerprint density at radius 2 is 1.60 bits per heavy atom. The van der Waals surface area contributed by atoms with Gasteiger partial charge < -0.3 is 9.47 Å². The summed E-state index contributed by atoms with van der Waals surface area (Å²) in [4.78, 5) is 0. The molecular weight excluding hydrogens is 235 g/mol. The van der Waals surface area contributed by atoms with Gasteiger partial charge in [-0.25, -0.2) is 0 Å². The number of rotatable bonds is 1. The lowest BCUT2D eigenvalue weighted by atomic mass is 10.2. The minimum Gasteiger partial charge on any atom is -0.343 e. The summed E-state index contributed by atoms with van der Waals surface area (Å²) in [5.74, 6) is 0. The summed E-state index contributed by atoms with van der Waals surface area (Å²) in [5, 5.41) is 1.06. The quantitative estimate of drug-likeness (QED) is 0.751. The summed E-state index contributed by atoms with van der Waals surface area (Å²) in [6, 6.07) is 5.39. The topological polar surface area (TPSA) is 18.5 Å². The van der Waals surface area contributed by atoms with Gasteiger partial charge in [0.25, 0.3) is 0 Å². The van der Waals surface area contributed by atoms with Gasteiger partial charge in [-0.15, -0.1) is 0 Å². The fourth-order valence-corrected chi connectivity index (χ4v) is 1.77. The van der Waals surface area contributed by atoms with E-state index in [1.54, 1.807) is 12.1 Å². The van der Waals surface area contributed by atoms with Crippen molar-refractivity contribution in [1.82, 2.24) is 0 Å². The van der Waals surface area contributed by atoms with E-state index in [1.807, 2.05) is 19.9 Å². The first-order chi connectivity index (χ1) is 7.08. The molecule has 1 heterocycles. The summed E-state index contributed by atoms with van der Waals surface area (Å²) in [6.07, 6.45) is -0.126. The highest BCUT2D eigenvalue weighted by Gasteiger charge is 2.30. The Hall–Kier alpha value is -0.280. The smallest absolute Gasteiger partial charge is 0.184 e. The number of hydrogen-bond acceptors (Lipinski definition) is 2. The van der Waals surface area contributed by atoms with E-state index < -0.39 is 0 Å². The SMILES string of the molecule is C[C@H]1OC(c2ccc(Cl)c(Cl)c2)O[C@@H]1C. The van der Waals surface area contributed by atoms with Crippen molar-refractivity contribution < 1.29 is 9.47 Å². The van der Waals surface area contributed by atoms with Gasteiger partial charge in [0.15, 0.2) is 6.29 Å². The van der Waals surface area contributed by atoms with E-state index in [1.165, 1.54) is 0 Å². The van der Waals surface area contributed by atoms with Crippen LogP contribution in [-0.4, -0.2) is 12.2 Å². The van der Waals surface area contributed by atoms with Gasteiger partial charge in [-0.2, -0.15) is 0 Å². The van der Waals surface area contributed by atoms with Crippen molar-refractivity contribution in [2.24, 2.45) is 0 Å². The van der Waals surface area contributed by atoms with E-state index in [0.717, 1.165) is 5.56 Å². The van der Waals surface area contributed by atoms with Gasteiger partial charge in [0.1, 0.15) is 0 Å². The number of halogens is 2. The maximum atomic E-state index is 5.92. The van der Waals surface area contributed by atoms with Crippen LogP contribution in [0.1, 0.15) is 25.7 Å². The molecule has 1 aromatic carbocycles. The third-order valence-electron chi connectivity index (χ3n) is 2.55. The fourth-order valence-electron chi connectivity index (χ4n) is 1.46. The van der Waals surface area contributed by atoms with Crippen molar-refractivity contribution in [3.8, 4) is 0 Å². The van der Waals surface area contributed by atoms with E-state index in [9.17, 15) is 0 Å². The van der Waals surface area contributed by atoms with E-state index in [4.69, 9.17) is 32.7 Å². The Labute approximate surface area is 99.1 Å². The molecule has 2 rings (SSSR count). The monoisotopic (exact) mass is 246 g/mol. The maximum absolute atomic E-state index is 5.92. The lowest BCUT2D eigenvalue weighted by molar-refractivity contribution is -0.0652. The Morgan fingerprint density at radius 3 is 2.13 bits per heavy atom. The van der Waals surface area contributed by atoms with Gasteiger partial charge in [-0.05, 0) is 26.0 Å². The van der Waals surface area contributed by atoms with Gasteiger partial charge in [0.05, 0.1) is 22.3 Å². The second kappa shape index (κ2) is 4.30. The summed E-state index contributed by atoms with van der Waals surface area (Å²) in [7, 11) is 0. The van der Waals surface area contributed by atoms with E-state index in [0.29, 0.717) is 10.0 Å². The molecular formula is C11H12Cl2O2. The zero-order valence-corrected chi connectivity index (χ0v) is 10.0. The van der Waals surface area contributed by atoms with Gasteiger partial charge in [-0.3, -0.25) is 0 Å². The summed E-state index contributed by atoms with van der Waals surface area (Å²) in [6.45, 7) is 3.98. The second-order valence-corrected chi connectivity index (χ2v) is 4.50. The molecule has 1 aromatic rings. The average molecular weight is 247 g/mol. The van der Waals surface area contributed by atoms with Crippen molar-refractivity contribution in [2.75, 3.05) is 0 Å². The van der Waals surface area contributed by atoms with Crippen molar-refractivity contribution in [2.45, 2.75) is 32.3 Å². The molecule has 1 fully saturated rings. The number of hydrogen-bond donors (Lipinski definition) is 0. The van der Waals surface area contributed by atoms with Gasteiger partial charge in [0.2, 0.25) is 0 Å². The zero-order chi connectivity index (χ0) is 11.0. The Bertz CT molecular complexity index is 358. The summed E-state index contributed by atoms with van der Waals surface area (Å²) in [5.41, 5.74) is 0.903. The van der Waals surface area contributed by atoms with Crippen LogP contribution in [0.3, 0.4) is 0 Å². The van der Waals surface area contributed by atoms with Crippen LogP contribution in [0, 0.1) is 0 Å². The lowest BCUT2D eigenvalue weighted by Crippen LogP contribution is -2.13. The Morgan fingerprint density at radius 1 is 1.00 bits per heavy atom. The molecule has 0 spiro atoms. The van der Waals surface area contributed by atoms with E-state index >= 15 is 0 Å². The normalized spacial score (nSPS) is 27.2. The first kappa shape index (κ1) is 11.2. The van der Waals surface area contributed by atoms with Gasteiger partial charge in [0, 0.05) is 5.56 Å². The molecule has 4 heteroatoms. The molecule has 2 atom stereocenters. The third-order valence-corrected chi connectivity index (χ3v) is 3.29. The summed E-state index contributed by atoms with van der Waals surface area (Å²) >= 11 is 11.8. The van der Waals surface area contributed by atoms with Crippen LogP contribution in [-0.2, 0) is 9.47 Å². The van der Waals surface area contributed by atoms with Crippen LogP contribution < -0.4 is 0 Å². The first-order valence-electron chi connectivity index (χ1n) is 4.84. The molecule has 0 bridgehead atoms. The number of benzene rings is 1. The van der Waals surface area contributed by atoms with Crippen LogP contribution in [0.5, 0.6) is 0 Å². The Kier molecular flexibility index (Phi) is 3.21. The highest BCUT2D eigenvalue weighted by atomic mass is 35.5. The highest BCUT2D eigenvalue weighted by molar-refractivity contribution is 6.42. The molecule has 0 unspecified atom stereocenters. The van der Waals surface area contributed by atoms with Crippen LogP contribution in [0.4, 0.5) is 0 Å². The second-order valence-electron chi connectivity index (χ2n) is 3.69. The molecule has 1 aliphatic heterocycles. The van der Waals surface area contributed by atoms with E-state index in [2.05, 4.69) is 0 Å². The third kappa shape index (κ3) is 2.28.